The summed E-state index contributed by atoms with van der Waals surface area (Å²) < 4.78 is 35.8. The fourth-order valence-corrected chi connectivity index (χ4v) is 11.6. The van der Waals surface area contributed by atoms with Crippen LogP contribution in [0.1, 0.15) is 98.5 Å². The molecule has 4 atom stereocenters. The van der Waals surface area contributed by atoms with Crippen molar-refractivity contribution in [3.8, 4) is 17.0 Å². The number of aromatic nitrogens is 1. The van der Waals surface area contributed by atoms with Crippen molar-refractivity contribution in [3.05, 3.63) is 53.1 Å². The highest BCUT2D eigenvalue weighted by atomic mass is 32.2. The van der Waals surface area contributed by atoms with Gasteiger partial charge in [-0.3, -0.25) is 9.59 Å². The van der Waals surface area contributed by atoms with Crippen LogP contribution in [0.2, 0.25) is 0 Å². The Bertz CT molecular complexity index is 2010. The van der Waals surface area contributed by atoms with Gasteiger partial charge in [0.05, 0.1) is 23.5 Å². The maximum atomic E-state index is 15.1. The number of fused-ring (bicyclic) bond motifs is 7. The Morgan fingerprint density at radius 2 is 1.65 bits per heavy atom. The lowest BCUT2D eigenvalue weighted by Gasteiger charge is -2.48. The maximum Gasteiger partial charge on any atom is 0.264 e. The number of carbonyl (C=O) groups is 2. The van der Waals surface area contributed by atoms with Gasteiger partial charge in [0.15, 0.2) is 0 Å². The predicted octanol–water partition coefficient (Wildman–Crippen LogP) is 5.87. The number of likely N-dealkylation sites (tertiary alicyclic amines) is 2. The Kier molecular flexibility index (Phi) is 6.82. The number of rotatable bonds is 6. The molecule has 0 radical (unpaired) electrons. The molecule has 3 aliphatic carbocycles. The largest absolute Gasteiger partial charge is 0.497 e. The molecule has 2 saturated heterocycles. The third-order valence-electron chi connectivity index (χ3n) is 13.7. The minimum absolute atomic E-state index is 0.0812. The molecule has 9 rings (SSSR count). The fraction of sp³-hybridized carbons (Fsp3) is 0.590. The average Bonchev–Trinajstić information content (AvgIpc) is 3.64. The molecule has 0 spiro atoms. The fourth-order valence-electron chi connectivity index (χ4n) is 11.0. The quantitative estimate of drug-likeness (QED) is 0.349. The summed E-state index contributed by atoms with van der Waals surface area (Å²) in [6.45, 7) is 7.50. The van der Waals surface area contributed by atoms with Gasteiger partial charge in [-0.25, -0.2) is 13.1 Å². The highest BCUT2D eigenvalue weighted by Gasteiger charge is 2.71. The van der Waals surface area contributed by atoms with E-state index in [0.717, 1.165) is 73.4 Å². The molecule has 9 nitrogen and oxygen atoms in total. The zero-order chi connectivity index (χ0) is 34.1. The molecule has 3 saturated carbocycles. The van der Waals surface area contributed by atoms with E-state index in [0.29, 0.717) is 18.0 Å². The summed E-state index contributed by atoms with van der Waals surface area (Å²) in [6, 6.07) is 12.0. The molecule has 2 unspecified atom stereocenters. The highest BCUT2D eigenvalue weighted by molar-refractivity contribution is 7.90. The molecule has 10 heteroatoms. The van der Waals surface area contributed by atoms with Crippen molar-refractivity contribution >= 4 is 32.7 Å². The van der Waals surface area contributed by atoms with Gasteiger partial charge in [-0.1, -0.05) is 25.3 Å². The van der Waals surface area contributed by atoms with Crippen LogP contribution in [-0.2, 0) is 21.4 Å². The average molecular weight is 685 g/mol. The summed E-state index contributed by atoms with van der Waals surface area (Å²) in [7, 11) is 0.126. The first-order valence-electron chi connectivity index (χ1n) is 18.3. The number of sulfonamides is 1. The van der Waals surface area contributed by atoms with E-state index in [1.807, 2.05) is 18.2 Å². The van der Waals surface area contributed by atoms with Crippen molar-refractivity contribution in [2.45, 2.75) is 88.8 Å². The van der Waals surface area contributed by atoms with E-state index in [-0.39, 0.29) is 22.7 Å². The van der Waals surface area contributed by atoms with Crippen molar-refractivity contribution in [1.82, 2.24) is 19.1 Å². The van der Waals surface area contributed by atoms with Crippen molar-refractivity contribution in [3.63, 3.8) is 0 Å². The second-order valence-electron chi connectivity index (χ2n) is 16.7. The van der Waals surface area contributed by atoms with Crippen molar-refractivity contribution in [1.29, 1.82) is 0 Å². The van der Waals surface area contributed by atoms with Crippen molar-refractivity contribution in [2.24, 2.45) is 16.2 Å². The van der Waals surface area contributed by atoms with E-state index in [4.69, 9.17) is 4.74 Å². The van der Waals surface area contributed by atoms with Gasteiger partial charge in [-0.2, -0.15) is 0 Å². The Morgan fingerprint density at radius 3 is 2.31 bits per heavy atom. The smallest absolute Gasteiger partial charge is 0.264 e. The lowest BCUT2D eigenvalue weighted by molar-refractivity contribution is -0.137. The van der Waals surface area contributed by atoms with Gasteiger partial charge in [0.25, 0.3) is 5.91 Å². The van der Waals surface area contributed by atoms with Gasteiger partial charge >= 0.3 is 0 Å². The van der Waals surface area contributed by atoms with Crippen LogP contribution >= 0.6 is 0 Å². The summed E-state index contributed by atoms with van der Waals surface area (Å²) in [6.07, 6.45) is 8.99. The zero-order valence-corrected chi connectivity index (χ0v) is 30.0. The number of carbonyl (C=O) groups excluding carboxylic acids is 2. The molecule has 3 aliphatic heterocycles. The van der Waals surface area contributed by atoms with E-state index < -0.39 is 26.6 Å². The molecular formula is C39H48N4O5S. The monoisotopic (exact) mass is 684 g/mol. The summed E-state index contributed by atoms with van der Waals surface area (Å²) >= 11 is 0. The summed E-state index contributed by atoms with van der Waals surface area (Å²) in [5.41, 5.74) is 5.88. The van der Waals surface area contributed by atoms with E-state index in [2.05, 4.69) is 38.3 Å². The lowest BCUT2D eigenvalue weighted by Crippen LogP contribution is -2.49. The van der Waals surface area contributed by atoms with Crippen LogP contribution in [0.25, 0.3) is 22.2 Å². The van der Waals surface area contributed by atoms with Crippen LogP contribution in [0.3, 0.4) is 0 Å². The summed E-state index contributed by atoms with van der Waals surface area (Å²) in [5, 5.41) is 0.372. The van der Waals surface area contributed by atoms with Gasteiger partial charge < -0.3 is 19.1 Å². The summed E-state index contributed by atoms with van der Waals surface area (Å²) in [4.78, 5) is 33.2. The van der Waals surface area contributed by atoms with Crippen LogP contribution in [0, 0.1) is 16.2 Å². The molecule has 0 bridgehead atoms. The number of amides is 2. The highest BCUT2D eigenvalue weighted by Crippen LogP contribution is 2.69. The summed E-state index contributed by atoms with van der Waals surface area (Å²) in [5.74, 6) is 0.901. The Labute approximate surface area is 289 Å². The van der Waals surface area contributed by atoms with Gasteiger partial charge in [0, 0.05) is 71.5 Å². The van der Waals surface area contributed by atoms with E-state index in [1.165, 1.54) is 43.2 Å². The molecule has 49 heavy (non-hydrogen) atoms. The molecule has 4 heterocycles. The molecule has 1 aromatic heterocycles. The van der Waals surface area contributed by atoms with Gasteiger partial charge in [-0.15, -0.1) is 0 Å². The Balaban J connectivity index is 1.20. The van der Waals surface area contributed by atoms with E-state index >= 15 is 4.79 Å². The maximum absolute atomic E-state index is 15.1. The molecule has 260 valence electrons. The second kappa shape index (κ2) is 10.6. The molecule has 2 aromatic carbocycles. The molecule has 6 aliphatic rings. The third kappa shape index (κ3) is 4.41. The normalized spacial score (nSPS) is 30.6. The number of nitrogens with zero attached hydrogens (tertiary/aromatic N) is 3. The van der Waals surface area contributed by atoms with E-state index in [9.17, 15) is 13.2 Å². The number of nitrogens with one attached hydrogen (secondary N) is 1. The third-order valence-corrected chi connectivity index (χ3v) is 15.4. The van der Waals surface area contributed by atoms with Crippen molar-refractivity contribution < 1.29 is 22.7 Å². The molecular weight excluding hydrogens is 637 g/mol. The number of hydrogen-bond donors (Lipinski definition) is 1. The van der Waals surface area contributed by atoms with Crippen LogP contribution < -0.4 is 9.46 Å². The van der Waals surface area contributed by atoms with Crippen molar-refractivity contribution in [2.75, 3.05) is 40.3 Å². The SMILES string of the molecule is COc1ccc2c(c1)[C@@H]1C[C@]1(C(=O)N1CC34CCC3(CN(C)C4)C1)Cn1c-2c(C2CCCCC2)c2ccc(C(=O)NS(=O)(=O)C(C)C)cc21. The molecule has 3 aromatic rings. The number of hydrogen-bond acceptors (Lipinski definition) is 6. The predicted molar refractivity (Wildman–Crippen MR) is 189 cm³/mol. The van der Waals surface area contributed by atoms with Gasteiger partial charge in [-0.05, 0) is 100 Å². The minimum atomic E-state index is -3.80. The first-order valence-corrected chi connectivity index (χ1v) is 19.8. The van der Waals surface area contributed by atoms with Gasteiger partial charge in [0.2, 0.25) is 15.9 Å². The first-order chi connectivity index (χ1) is 23.4. The van der Waals surface area contributed by atoms with Crippen LogP contribution in [0.4, 0.5) is 0 Å². The molecule has 2 amide bonds. The van der Waals surface area contributed by atoms with E-state index in [1.54, 1.807) is 27.0 Å². The molecule has 5 fully saturated rings. The van der Waals surface area contributed by atoms with Crippen LogP contribution in [0.5, 0.6) is 5.75 Å². The second-order valence-corrected chi connectivity index (χ2v) is 18.9. The topological polar surface area (TPSA) is 101 Å². The number of methoxy groups -OCH3 is 1. The minimum Gasteiger partial charge on any atom is -0.497 e. The molecule has 1 N–H and O–H groups in total. The van der Waals surface area contributed by atoms with Gasteiger partial charge in [0.1, 0.15) is 5.75 Å². The van der Waals surface area contributed by atoms with Crippen LogP contribution in [0.15, 0.2) is 36.4 Å². The van der Waals surface area contributed by atoms with Crippen LogP contribution in [-0.4, -0.2) is 80.2 Å². The first kappa shape index (κ1) is 31.6. The number of benzene rings is 2. The zero-order valence-electron chi connectivity index (χ0n) is 29.2. The Morgan fingerprint density at radius 1 is 0.939 bits per heavy atom. The Hall–Kier alpha value is -3.37. The lowest BCUT2D eigenvalue weighted by atomic mass is 9.53. The standard InChI is InChI=1S/C39H48N4O5S/c1-24(2)49(46,47)40-35(44)26-10-12-29-32(16-26)43-23-39(36(45)42-21-37-14-15-38(37,22-42)20-41(3)19-37)18-31(39)30-17-27(48-4)11-13-28(30)34(43)33(29)25-8-6-5-7-9-25/h10-13,16-17,24-25,31H,5-9,14-15,18-23H2,1-4H3,(H,40,44)/t31-,37?,38?,39-/m0/s1. The number of ether oxygens (including phenoxy) is 1.